The van der Waals surface area contributed by atoms with E-state index in [0.717, 1.165) is 87.4 Å². The van der Waals surface area contributed by atoms with E-state index in [4.69, 9.17) is 32.2 Å². The fraction of sp³-hybridized carbons (Fsp3) is 0.430. The minimum atomic E-state index is -0.385. The fourth-order valence-electron chi connectivity index (χ4n) is 11.7. The first-order valence-corrected chi connectivity index (χ1v) is 33.8. The molecule has 10 aromatic rings. The summed E-state index contributed by atoms with van der Waals surface area (Å²) in [5.41, 5.74) is 0.659. The van der Waals surface area contributed by atoms with Crippen molar-refractivity contribution < 1.29 is 32.2 Å². The van der Waals surface area contributed by atoms with Gasteiger partial charge in [0.1, 0.15) is 39.7 Å². The molecule has 10 heteroatoms. The third-order valence-electron chi connectivity index (χ3n) is 16.6. The van der Waals surface area contributed by atoms with Crippen LogP contribution in [-0.2, 0) is 0 Å². The first kappa shape index (κ1) is 67.1. The molecule has 0 aliphatic carbocycles. The zero-order valence-electron chi connectivity index (χ0n) is 53.2. The molecule has 89 heavy (non-hydrogen) atoms. The van der Waals surface area contributed by atoms with Crippen LogP contribution in [0.25, 0.3) is 65.2 Å². The van der Waals surface area contributed by atoms with Gasteiger partial charge >= 0.3 is 16.9 Å². The molecule has 0 saturated heterocycles. The zero-order chi connectivity index (χ0) is 61.9. The smallest absolute Gasteiger partial charge is 0.339 e. The Hall–Kier alpha value is -7.85. The van der Waals surface area contributed by atoms with Crippen molar-refractivity contribution in [1.29, 1.82) is 0 Å². The highest BCUT2D eigenvalue weighted by molar-refractivity contribution is 6.08. The number of unbranched alkanes of at least 4 members (excludes halogenated alkanes) is 25. The monoisotopic (exact) mass is 1200 g/mol. The average Bonchev–Trinajstić information content (AvgIpc) is 1.27. The summed E-state index contributed by atoms with van der Waals surface area (Å²) >= 11 is 0. The van der Waals surface area contributed by atoms with Crippen LogP contribution in [-0.4, -0.2) is 26.4 Å². The van der Waals surface area contributed by atoms with Crippen LogP contribution < -0.4 is 35.8 Å². The second-order valence-corrected chi connectivity index (χ2v) is 23.7. The summed E-state index contributed by atoms with van der Waals surface area (Å²) in [6, 6.07) is 50.2. The summed E-state index contributed by atoms with van der Waals surface area (Å²) in [7, 11) is 0. The van der Waals surface area contributed by atoms with Gasteiger partial charge in [-0.3, -0.25) is 0 Å². The number of benzene rings is 7. The maximum atomic E-state index is 12.0. The fourth-order valence-corrected chi connectivity index (χ4v) is 11.7. The van der Waals surface area contributed by atoms with Gasteiger partial charge in [0.15, 0.2) is 0 Å². The molecule has 0 amide bonds. The summed E-state index contributed by atoms with van der Waals surface area (Å²) < 4.78 is 39.9. The largest absolute Gasteiger partial charge is 0.493 e. The Balaban J connectivity index is 0.000000173. The molecule has 10 nitrogen and oxygen atoms in total. The molecule has 0 unspecified atom stereocenters. The number of hydrogen-bond acceptors (Lipinski definition) is 10. The molecule has 10 rings (SSSR count). The molecule has 7 aromatic carbocycles. The molecular formula is C79H96O10. The molecule has 472 valence electrons. The highest BCUT2D eigenvalue weighted by atomic mass is 16.5. The first-order valence-electron chi connectivity index (χ1n) is 33.8. The van der Waals surface area contributed by atoms with Gasteiger partial charge < -0.3 is 32.2 Å². The second kappa shape index (κ2) is 38.5. The number of fused-ring (bicyclic) bond motifs is 8. The molecule has 0 N–H and O–H groups in total. The van der Waals surface area contributed by atoms with E-state index in [1.807, 2.05) is 109 Å². The Kier molecular flexibility index (Phi) is 29.0. The van der Waals surface area contributed by atoms with E-state index in [-0.39, 0.29) is 16.9 Å². The number of ether oxygens (including phenoxy) is 4. The van der Waals surface area contributed by atoms with E-state index in [0.29, 0.717) is 60.4 Å². The summed E-state index contributed by atoms with van der Waals surface area (Å²) in [5, 5.41) is 9.13. The average molecular weight is 1210 g/mol. The lowest BCUT2D eigenvalue weighted by atomic mass is 10.1. The van der Waals surface area contributed by atoms with Gasteiger partial charge in [-0.25, -0.2) is 14.4 Å². The topological polar surface area (TPSA) is 128 Å². The van der Waals surface area contributed by atoms with Gasteiger partial charge in [0.25, 0.3) is 0 Å². The van der Waals surface area contributed by atoms with Gasteiger partial charge in [0.2, 0.25) is 0 Å². The van der Waals surface area contributed by atoms with E-state index in [1.165, 1.54) is 165 Å². The Morgan fingerprint density at radius 2 is 0.629 bits per heavy atom. The van der Waals surface area contributed by atoms with Gasteiger partial charge in [0, 0.05) is 10.8 Å². The van der Waals surface area contributed by atoms with Crippen molar-refractivity contribution in [3.8, 4) is 23.0 Å². The van der Waals surface area contributed by atoms with E-state index in [1.54, 1.807) is 6.07 Å². The molecule has 0 atom stereocenters. The SMILES string of the molecule is CCCCCCCCCCCCCCOc1cc(=O)oc2c1ccc1ccccc12.CCCCCCCCCCCCCCOc1cc(=O)oc2ccc3ccccc3c12.O=c1cc(OCCCCCCOc2cccc3ccccc23)c2ccccc2o1. The van der Waals surface area contributed by atoms with Gasteiger partial charge in [-0.05, 0) is 90.4 Å². The van der Waals surface area contributed by atoms with Crippen LogP contribution in [0.2, 0.25) is 0 Å². The quantitative estimate of drug-likeness (QED) is 0.0211. The van der Waals surface area contributed by atoms with Crippen molar-refractivity contribution in [1.82, 2.24) is 0 Å². The summed E-state index contributed by atoms with van der Waals surface area (Å²) in [4.78, 5) is 35.6. The number of hydrogen-bond donors (Lipinski definition) is 0. The van der Waals surface area contributed by atoms with Crippen LogP contribution in [0.4, 0.5) is 0 Å². The third-order valence-corrected chi connectivity index (χ3v) is 16.6. The van der Waals surface area contributed by atoms with Crippen molar-refractivity contribution in [2.75, 3.05) is 26.4 Å². The Morgan fingerprint density at radius 1 is 0.270 bits per heavy atom. The van der Waals surface area contributed by atoms with Gasteiger partial charge in [-0.2, -0.15) is 0 Å². The molecule has 0 spiro atoms. The Labute approximate surface area is 526 Å². The molecule has 3 aromatic heterocycles. The summed E-state index contributed by atoms with van der Waals surface area (Å²) in [5.74, 6) is 2.81. The molecule has 0 saturated carbocycles. The molecular weight excluding hydrogens is 1110 g/mol. The van der Waals surface area contributed by atoms with Crippen LogP contribution in [0.1, 0.15) is 194 Å². The minimum Gasteiger partial charge on any atom is -0.493 e. The van der Waals surface area contributed by atoms with E-state index in [2.05, 4.69) is 38.1 Å². The van der Waals surface area contributed by atoms with Crippen LogP contribution in [0.3, 0.4) is 0 Å². The lowest BCUT2D eigenvalue weighted by Gasteiger charge is -2.10. The first-order chi connectivity index (χ1) is 43.9. The van der Waals surface area contributed by atoms with Crippen molar-refractivity contribution in [3.05, 3.63) is 189 Å². The molecule has 0 aliphatic heterocycles. The lowest BCUT2D eigenvalue weighted by Crippen LogP contribution is -2.03. The summed E-state index contributed by atoms with van der Waals surface area (Å²) in [6.07, 6.45) is 35.8. The van der Waals surface area contributed by atoms with E-state index < -0.39 is 0 Å². The standard InChI is InChI=1S/2C27H36O3.C25H24O4/c1-2-3-4-5-6-7-8-9-10-11-12-15-20-29-25-21-26(28)30-24-19-18-22-16-13-14-17-23(22)27(24)25;1-2-3-4-5-6-7-8-9-10-11-12-15-20-29-25-21-26(28)30-27-23-17-14-13-16-22(23)18-19-24(25)27;26-25-18-24(21-13-5-6-14-23(21)29-25)28-17-8-2-1-7-16-27-22-15-9-11-19-10-3-4-12-20(19)22/h2*13-14,16-19,21H,2-12,15,20H2,1H3;3-6,9-15,18H,1-2,7-8,16-17H2. The molecule has 0 bridgehead atoms. The van der Waals surface area contributed by atoms with Crippen LogP contribution in [0.5, 0.6) is 23.0 Å². The third kappa shape index (κ3) is 22.0. The maximum absolute atomic E-state index is 12.0. The van der Waals surface area contributed by atoms with Gasteiger partial charge in [0.05, 0.1) is 60.8 Å². The van der Waals surface area contributed by atoms with Crippen molar-refractivity contribution >= 4 is 65.2 Å². The highest BCUT2D eigenvalue weighted by Gasteiger charge is 2.13. The number of rotatable bonds is 37. The van der Waals surface area contributed by atoms with Gasteiger partial charge in [-0.15, -0.1) is 0 Å². The van der Waals surface area contributed by atoms with Crippen molar-refractivity contribution in [3.63, 3.8) is 0 Å². The molecule has 0 fully saturated rings. The van der Waals surface area contributed by atoms with Crippen LogP contribution in [0.15, 0.2) is 185 Å². The normalized spacial score (nSPS) is 11.3. The van der Waals surface area contributed by atoms with Crippen molar-refractivity contribution in [2.45, 2.75) is 194 Å². The van der Waals surface area contributed by atoms with E-state index >= 15 is 0 Å². The number of para-hydroxylation sites is 1. The van der Waals surface area contributed by atoms with Crippen LogP contribution >= 0.6 is 0 Å². The minimum absolute atomic E-state index is 0.358. The maximum Gasteiger partial charge on any atom is 0.339 e. The van der Waals surface area contributed by atoms with Crippen molar-refractivity contribution in [2.24, 2.45) is 0 Å². The Bertz CT molecular complexity index is 3850. The predicted molar refractivity (Wildman–Crippen MR) is 369 cm³/mol. The van der Waals surface area contributed by atoms with Crippen LogP contribution in [0, 0.1) is 0 Å². The molecule has 0 aliphatic rings. The zero-order valence-corrected chi connectivity index (χ0v) is 53.2. The molecule has 0 radical (unpaired) electrons. The second-order valence-electron chi connectivity index (χ2n) is 23.7. The predicted octanol–water partition coefficient (Wildman–Crippen LogP) is 22.0. The van der Waals surface area contributed by atoms with E-state index in [9.17, 15) is 14.4 Å². The highest BCUT2D eigenvalue weighted by Crippen LogP contribution is 2.34. The molecule has 3 heterocycles. The lowest BCUT2D eigenvalue weighted by molar-refractivity contribution is 0.289. The Morgan fingerprint density at radius 3 is 1.17 bits per heavy atom. The summed E-state index contributed by atoms with van der Waals surface area (Å²) in [6.45, 7) is 7.11. The van der Waals surface area contributed by atoms with Gasteiger partial charge in [-0.1, -0.05) is 264 Å².